The lowest BCUT2D eigenvalue weighted by molar-refractivity contribution is 1.70. The molecule has 0 aliphatic rings. The first kappa shape index (κ1) is 20.6. The Kier molecular flexibility index (Phi) is 6.12. The van der Waals surface area contributed by atoms with Gasteiger partial charge in [-0.25, -0.2) is 0 Å². The van der Waals surface area contributed by atoms with E-state index in [0.29, 0.717) is 0 Å². The average Bonchev–Trinajstić information content (AvgIpc) is 3.47. The molecule has 0 aliphatic heterocycles. The molecule has 0 spiro atoms. The highest BCUT2D eigenvalue weighted by Gasteiger charge is 2.20. The molecule has 4 aromatic heterocycles. The number of benzene rings is 1. The first-order valence-electron chi connectivity index (χ1n) is 8.20. The highest BCUT2D eigenvalue weighted by atomic mass is 127. The molecule has 0 bridgehead atoms. The molecule has 5 rings (SSSR count). The summed E-state index contributed by atoms with van der Waals surface area (Å²) in [5, 5.41) is 7.20. The van der Waals surface area contributed by atoms with Crippen molar-refractivity contribution in [3.05, 3.63) is 42.2 Å². The first-order valence-corrected chi connectivity index (χ1v) is 16.2. The molecule has 0 nitrogen and oxygen atoms in total. The number of thioether (sulfide) groups is 2. The van der Waals surface area contributed by atoms with Crippen LogP contribution in [0.3, 0.4) is 0 Å². The Morgan fingerprint density at radius 3 is 1.54 bits per heavy atom. The fraction of sp³-hybridized carbons (Fsp3) is 0.100. The second-order valence-corrected chi connectivity index (χ2v) is 14.2. The Morgan fingerprint density at radius 2 is 1.14 bits per heavy atom. The van der Waals surface area contributed by atoms with Gasteiger partial charge >= 0.3 is 0 Å². The molecule has 0 fully saturated rings. The van der Waals surface area contributed by atoms with Gasteiger partial charge in [0.15, 0.2) is 0 Å². The molecular formula is C20H12I2S6. The Hall–Kier alpha value is 0.700. The van der Waals surface area contributed by atoms with Crippen molar-refractivity contribution in [1.82, 2.24) is 0 Å². The van der Waals surface area contributed by atoms with E-state index >= 15 is 0 Å². The molecular weight excluding hydrogens is 686 g/mol. The van der Waals surface area contributed by atoms with Crippen LogP contribution in [0.5, 0.6) is 0 Å². The van der Waals surface area contributed by atoms with Gasteiger partial charge < -0.3 is 0 Å². The van der Waals surface area contributed by atoms with Gasteiger partial charge in [0.25, 0.3) is 0 Å². The smallest absolute Gasteiger partial charge is 0.0683 e. The minimum atomic E-state index is 1.39. The molecule has 4 heterocycles. The third kappa shape index (κ3) is 3.34. The number of thiophene rings is 4. The Morgan fingerprint density at radius 1 is 0.714 bits per heavy atom. The predicted molar refractivity (Wildman–Crippen MR) is 153 cm³/mol. The normalized spacial score (nSPS) is 11.9. The summed E-state index contributed by atoms with van der Waals surface area (Å²) in [4.78, 5) is 2.83. The van der Waals surface area contributed by atoms with E-state index in [1.165, 1.54) is 56.6 Å². The second kappa shape index (κ2) is 8.33. The van der Waals surface area contributed by atoms with Crippen molar-refractivity contribution < 1.29 is 0 Å². The van der Waals surface area contributed by atoms with Crippen LogP contribution in [-0.2, 0) is 0 Å². The fourth-order valence-electron chi connectivity index (χ4n) is 3.22. The van der Waals surface area contributed by atoms with E-state index in [1.807, 2.05) is 68.9 Å². The van der Waals surface area contributed by atoms with Crippen LogP contribution in [-0.4, -0.2) is 12.5 Å². The summed E-state index contributed by atoms with van der Waals surface area (Å²) in [6.07, 6.45) is 4.34. The van der Waals surface area contributed by atoms with Crippen molar-refractivity contribution in [1.29, 1.82) is 0 Å². The fourth-order valence-corrected chi connectivity index (χ4v) is 11.4. The van der Waals surface area contributed by atoms with Crippen molar-refractivity contribution >= 4 is 134 Å². The van der Waals surface area contributed by atoms with Crippen LogP contribution in [0.1, 0.15) is 0 Å². The van der Waals surface area contributed by atoms with Gasteiger partial charge in [0.1, 0.15) is 0 Å². The quantitative estimate of drug-likeness (QED) is 0.135. The third-order valence-corrected chi connectivity index (χ3v) is 14.0. The molecule has 0 atom stereocenters. The number of halogens is 2. The Labute approximate surface area is 215 Å². The maximum atomic E-state index is 2.54. The summed E-state index contributed by atoms with van der Waals surface area (Å²) in [5.41, 5.74) is 2.79. The van der Waals surface area contributed by atoms with Crippen LogP contribution in [0.15, 0.2) is 43.4 Å². The molecule has 28 heavy (non-hydrogen) atoms. The van der Waals surface area contributed by atoms with Crippen LogP contribution in [0, 0.1) is 7.14 Å². The zero-order valence-corrected chi connectivity index (χ0v) is 23.9. The largest absolute Gasteiger partial charge is 0.137 e. The standard InChI is InChI=1S/C20H12I2S6/c1-23-19-9(3-5-25-19)17-15(21)11-7-14-12(8-13(11)27-17)16(22)18(28-14)10-4-6-26-20(10)24-2/h3-8H,1-2H3. The summed E-state index contributed by atoms with van der Waals surface area (Å²) in [6, 6.07) is 9.38. The number of hydrogen-bond donors (Lipinski definition) is 0. The van der Waals surface area contributed by atoms with Crippen LogP contribution in [0.25, 0.3) is 41.1 Å². The summed E-state index contributed by atoms with van der Waals surface area (Å²) in [7, 11) is 0. The van der Waals surface area contributed by atoms with Gasteiger partial charge in [-0.2, -0.15) is 0 Å². The van der Waals surface area contributed by atoms with E-state index in [1.54, 1.807) is 0 Å². The van der Waals surface area contributed by atoms with Crippen molar-refractivity contribution in [3.63, 3.8) is 0 Å². The monoisotopic (exact) mass is 698 g/mol. The molecule has 0 amide bonds. The molecule has 0 N–H and O–H groups in total. The molecule has 5 aromatic rings. The molecule has 0 unspecified atom stereocenters. The SMILES string of the molecule is CSc1sccc1-c1sc2cc3c(I)c(-c4ccsc4SC)sc3cc2c1I. The lowest BCUT2D eigenvalue weighted by atomic mass is 10.1. The topological polar surface area (TPSA) is 0 Å². The number of fused-ring (bicyclic) bond motifs is 2. The summed E-state index contributed by atoms with van der Waals surface area (Å²) >= 11 is 16.3. The maximum absolute atomic E-state index is 2.54. The molecule has 0 saturated carbocycles. The van der Waals surface area contributed by atoms with Gasteiger partial charge in [-0.15, -0.1) is 68.9 Å². The van der Waals surface area contributed by atoms with Crippen molar-refractivity contribution in [2.45, 2.75) is 8.42 Å². The van der Waals surface area contributed by atoms with Crippen LogP contribution in [0.4, 0.5) is 0 Å². The number of hydrogen-bond acceptors (Lipinski definition) is 6. The summed E-state index contributed by atoms with van der Waals surface area (Å²) < 4.78 is 8.37. The van der Waals surface area contributed by atoms with E-state index in [9.17, 15) is 0 Å². The lowest BCUT2D eigenvalue weighted by Gasteiger charge is -1.98. The van der Waals surface area contributed by atoms with E-state index in [-0.39, 0.29) is 0 Å². The zero-order chi connectivity index (χ0) is 19.4. The lowest BCUT2D eigenvalue weighted by Crippen LogP contribution is -1.75. The number of rotatable bonds is 4. The van der Waals surface area contributed by atoms with Gasteiger partial charge in [-0.05, 0) is 92.7 Å². The first-order chi connectivity index (χ1) is 13.6. The van der Waals surface area contributed by atoms with E-state index in [4.69, 9.17) is 0 Å². The van der Waals surface area contributed by atoms with E-state index in [2.05, 4.69) is 92.7 Å². The zero-order valence-electron chi connectivity index (χ0n) is 14.7. The predicted octanol–water partition coefficient (Wildman–Crippen LogP) is 10.2. The minimum Gasteiger partial charge on any atom is -0.137 e. The van der Waals surface area contributed by atoms with Gasteiger partial charge in [0, 0.05) is 38.4 Å². The highest BCUT2D eigenvalue weighted by Crippen LogP contribution is 2.49. The van der Waals surface area contributed by atoms with Crippen molar-refractivity contribution in [2.75, 3.05) is 12.5 Å². The summed E-state index contributed by atoms with van der Waals surface area (Å²) in [5.74, 6) is 0. The minimum absolute atomic E-state index is 1.39. The van der Waals surface area contributed by atoms with E-state index in [0.717, 1.165) is 0 Å². The Balaban J connectivity index is 1.72. The van der Waals surface area contributed by atoms with Gasteiger partial charge in [-0.3, -0.25) is 0 Å². The van der Waals surface area contributed by atoms with Crippen LogP contribution >= 0.6 is 114 Å². The maximum Gasteiger partial charge on any atom is 0.0683 e. The van der Waals surface area contributed by atoms with Crippen LogP contribution in [0.2, 0.25) is 0 Å². The molecule has 142 valence electrons. The molecule has 8 heteroatoms. The van der Waals surface area contributed by atoms with Gasteiger partial charge in [0.05, 0.1) is 18.2 Å². The third-order valence-electron chi connectivity index (χ3n) is 4.50. The molecule has 0 radical (unpaired) electrons. The molecule has 0 aliphatic carbocycles. The second-order valence-electron chi connectivity index (χ2n) is 5.99. The van der Waals surface area contributed by atoms with Crippen molar-refractivity contribution in [2.24, 2.45) is 0 Å². The molecule has 0 saturated heterocycles. The summed E-state index contributed by atoms with van der Waals surface area (Å²) in [6.45, 7) is 0. The van der Waals surface area contributed by atoms with Gasteiger partial charge in [-0.1, -0.05) is 0 Å². The van der Waals surface area contributed by atoms with Crippen molar-refractivity contribution in [3.8, 4) is 20.9 Å². The average molecular weight is 699 g/mol. The molecule has 1 aromatic carbocycles. The Bertz CT molecular complexity index is 1220. The van der Waals surface area contributed by atoms with E-state index < -0.39 is 0 Å². The van der Waals surface area contributed by atoms with Crippen LogP contribution < -0.4 is 0 Å². The van der Waals surface area contributed by atoms with Gasteiger partial charge in [0.2, 0.25) is 0 Å². The highest BCUT2D eigenvalue weighted by molar-refractivity contribution is 14.1.